The molecule has 0 aliphatic heterocycles. The van der Waals surface area contributed by atoms with Crippen LogP contribution in [0.5, 0.6) is 0 Å². The lowest BCUT2D eigenvalue weighted by atomic mass is 10.0. The molecule has 0 bridgehead atoms. The first kappa shape index (κ1) is 10.4. The van der Waals surface area contributed by atoms with Crippen LogP contribution >= 0.6 is 0 Å². The maximum Gasteiger partial charge on any atom is 0.314 e. The Morgan fingerprint density at radius 1 is 1.86 bits per heavy atom. The number of methoxy groups -OCH3 is 1. The van der Waals surface area contributed by atoms with Crippen molar-refractivity contribution in [3.63, 3.8) is 0 Å². The molecule has 0 fully saturated rings. The van der Waals surface area contributed by atoms with Gasteiger partial charge in [-0.2, -0.15) is 5.10 Å². The van der Waals surface area contributed by atoms with Crippen LogP contribution in [0.4, 0.5) is 0 Å². The molecule has 1 rings (SSSR count). The Kier molecular flexibility index (Phi) is 3.39. The minimum absolute atomic E-state index is 0.385. The number of aryl methyl sites for hydroxylation is 1. The summed E-state index contributed by atoms with van der Waals surface area (Å²) in [6.07, 6.45) is 5.06. The van der Waals surface area contributed by atoms with E-state index >= 15 is 0 Å². The molecule has 1 unspecified atom stereocenters. The largest absolute Gasteiger partial charge is 0.469 e. The zero-order valence-electron chi connectivity index (χ0n) is 8.23. The van der Waals surface area contributed by atoms with Crippen molar-refractivity contribution in [2.75, 3.05) is 7.11 Å². The Hall–Kier alpha value is -1.65. The molecule has 0 spiro atoms. The summed E-state index contributed by atoms with van der Waals surface area (Å²) in [7, 11) is 3.13. The zero-order chi connectivity index (χ0) is 10.6. The van der Waals surface area contributed by atoms with Gasteiger partial charge in [-0.25, -0.2) is 0 Å². The molecule has 0 aliphatic carbocycles. The molecule has 0 aromatic carbocycles. The standard InChI is InChI=1S/C9H13N3O2/c1-12-6-7(5-11-12)3-8(4-10)9(13)14-2/h4-6,8,10H,3H2,1-2H3. The third-order valence-corrected chi connectivity index (χ3v) is 1.92. The number of nitrogens with one attached hydrogen (secondary N) is 1. The molecule has 1 aromatic rings. The molecule has 5 heteroatoms. The first-order valence-electron chi connectivity index (χ1n) is 4.23. The Morgan fingerprint density at radius 2 is 2.57 bits per heavy atom. The lowest BCUT2D eigenvalue weighted by Gasteiger charge is -2.06. The lowest BCUT2D eigenvalue weighted by molar-refractivity contribution is -0.142. The van der Waals surface area contributed by atoms with E-state index in [1.54, 1.807) is 17.9 Å². The van der Waals surface area contributed by atoms with Gasteiger partial charge in [0.15, 0.2) is 0 Å². The minimum Gasteiger partial charge on any atom is -0.469 e. The molecule has 1 atom stereocenters. The summed E-state index contributed by atoms with van der Waals surface area (Å²) in [5.74, 6) is -0.895. The van der Waals surface area contributed by atoms with Crippen LogP contribution in [-0.2, 0) is 23.0 Å². The van der Waals surface area contributed by atoms with Crippen molar-refractivity contribution in [1.29, 1.82) is 5.41 Å². The van der Waals surface area contributed by atoms with Gasteiger partial charge in [0, 0.05) is 19.5 Å². The summed E-state index contributed by atoms with van der Waals surface area (Å²) < 4.78 is 6.23. The fraction of sp³-hybridized carbons (Fsp3) is 0.444. The van der Waals surface area contributed by atoms with Crippen molar-refractivity contribution in [3.05, 3.63) is 18.0 Å². The molecule has 0 radical (unpaired) electrons. The van der Waals surface area contributed by atoms with E-state index in [2.05, 4.69) is 9.84 Å². The van der Waals surface area contributed by atoms with E-state index in [0.717, 1.165) is 11.8 Å². The van der Waals surface area contributed by atoms with Gasteiger partial charge in [0.1, 0.15) is 0 Å². The van der Waals surface area contributed by atoms with Crippen LogP contribution < -0.4 is 0 Å². The van der Waals surface area contributed by atoms with E-state index in [-0.39, 0.29) is 5.97 Å². The highest BCUT2D eigenvalue weighted by atomic mass is 16.5. The highest BCUT2D eigenvalue weighted by molar-refractivity contribution is 5.88. The molecule has 0 aliphatic rings. The molecule has 0 saturated carbocycles. The molecule has 14 heavy (non-hydrogen) atoms. The number of hydrogen-bond donors (Lipinski definition) is 1. The quantitative estimate of drug-likeness (QED) is 0.558. The second-order valence-corrected chi connectivity index (χ2v) is 3.02. The summed E-state index contributed by atoms with van der Waals surface area (Å²) in [6, 6.07) is 0. The van der Waals surface area contributed by atoms with Crippen molar-refractivity contribution in [2.45, 2.75) is 6.42 Å². The maximum atomic E-state index is 11.2. The first-order valence-corrected chi connectivity index (χ1v) is 4.23. The van der Waals surface area contributed by atoms with Gasteiger partial charge in [0.2, 0.25) is 0 Å². The monoisotopic (exact) mass is 195 g/mol. The summed E-state index contributed by atoms with van der Waals surface area (Å²) >= 11 is 0. The molecule has 1 N–H and O–H groups in total. The number of carbonyl (C=O) groups excluding carboxylic acids is 1. The molecule has 0 amide bonds. The van der Waals surface area contributed by atoms with Crippen LogP contribution in [-0.4, -0.2) is 29.1 Å². The number of esters is 1. The first-order chi connectivity index (χ1) is 6.67. The number of nitrogens with zero attached hydrogens (tertiary/aromatic N) is 2. The van der Waals surface area contributed by atoms with Crippen molar-refractivity contribution in [2.24, 2.45) is 13.0 Å². The van der Waals surface area contributed by atoms with Crippen LogP contribution in [0.2, 0.25) is 0 Å². The van der Waals surface area contributed by atoms with Crippen molar-refractivity contribution in [3.8, 4) is 0 Å². The van der Waals surface area contributed by atoms with Gasteiger partial charge in [-0.1, -0.05) is 0 Å². The van der Waals surface area contributed by atoms with Crippen molar-refractivity contribution < 1.29 is 9.53 Å². The average Bonchev–Trinajstić information content (AvgIpc) is 2.59. The maximum absolute atomic E-state index is 11.2. The molecule has 1 aromatic heterocycles. The fourth-order valence-corrected chi connectivity index (χ4v) is 1.19. The normalized spacial score (nSPS) is 12.1. The van der Waals surface area contributed by atoms with Crippen LogP contribution in [0.3, 0.4) is 0 Å². The lowest BCUT2D eigenvalue weighted by Crippen LogP contribution is -2.19. The highest BCUT2D eigenvalue weighted by Crippen LogP contribution is 2.07. The van der Waals surface area contributed by atoms with Gasteiger partial charge >= 0.3 is 5.97 Å². The number of carbonyl (C=O) groups is 1. The molecule has 76 valence electrons. The SMILES string of the molecule is COC(=O)C(C=N)Cc1cnn(C)c1. The Bertz CT molecular complexity index is 333. The molecule has 5 nitrogen and oxygen atoms in total. The van der Waals surface area contributed by atoms with Crippen molar-refractivity contribution in [1.82, 2.24) is 9.78 Å². The molecule has 0 saturated heterocycles. The number of hydrogen-bond acceptors (Lipinski definition) is 4. The summed E-state index contributed by atoms with van der Waals surface area (Å²) in [5.41, 5.74) is 0.923. The number of rotatable bonds is 4. The fourth-order valence-electron chi connectivity index (χ4n) is 1.19. The zero-order valence-corrected chi connectivity index (χ0v) is 8.23. The average molecular weight is 195 g/mol. The van der Waals surface area contributed by atoms with Crippen molar-refractivity contribution >= 4 is 12.2 Å². The Labute approximate surface area is 82.2 Å². The van der Waals surface area contributed by atoms with Crippen LogP contribution in [0, 0.1) is 11.3 Å². The second-order valence-electron chi connectivity index (χ2n) is 3.02. The van der Waals surface area contributed by atoms with E-state index in [0.29, 0.717) is 6.42 Å². The van der Waals surface area contributed by atoms with Gasteiger partial charge in [-0.05, 0) is 12.0 Å². The highest BCUT2D eigenvalue weighted by Gasteiger charge is 2.17. The van der Waals surface area contributed by atoms with Crippen LogP contribution in [0.1, 0.15) is 5.56 Å². The van der Waals surface area contributed by atoms with Gasteiger partial charge in [0.05, 0.1) is 19.2 Å². The number of aromatic nitrogens is 2. The van der Waals surface area contributed by atoms with E-state index in [1.807, 2.05) is 6.20 Å². The van der Waals surface area contributed by atoms with Gasteiger partial charge in [0.25, 0.3) is 0 Å². The van der Waals surface area contributed by atoms with Gasteiger partial charge in [-0.3, -0.25) is 9.48 Å². The van der Waals surface area contributed by atoms with E-state index in [9.17, 15) is 4.79 Å². The van der Waals surface area contributed by atoms with Gasteiger partial charge in [-0.15, -0.1) is 0 Å². The summed E-state index contributed by atoms with van der Waals surface area (Å²) in [6.45, 7) is 0. The summed E-state index contributed by atoms with van der Waals surface area (Å²) in [5, 5.41) is 11.1. The van der Waals surface area contributed by atoms with E-state index in [1.165, 1.54) is 7.11 Å². The molecule has 1 heterocycles. The van der Waals surface area contributed by atoms with E-state index in [4.69, 9.17) is 5.41 Å². The predicted molar refractivity (Wildman–Crippen MR) is 51.2 cm³/mol. The Balaban J connectivity index is 2.65. The third kappa shape index (κ3) is 2.42. The predicted octanol–water partition coefficient (Wildman–Crippen LogP) is 0.401. The Morgan fingerprint density at radius 3 is 3.00 bits per heavy atom. The van der Waals surface area contributed by atoms with E-state index < -0.39 is 5.92 Å². The molecular formula is C9H13N3O2. The minimum atomic E-state index is -0.510. The third-order valence-electron chi connectivity index (χ3n) is 1.92. The second kappa shape index (κ2) is 4.55. The van der Waals surface area contributed by atoms with Crippen LogP contribution in [0.15, 0.2) is 12.4 Å². The molecular weight excluding hydrogens is 182 g/mol. The van der Waals surface area contributed by atoms with Gasteiger partial charge < -0.3 is 10.1 Å². The smallest absolute Gasteiger partial charge is 0.314 e. The topological polar surface area (TPSA) is 68.0 Å². The number of ether oxygens (including phenoxy) is 1. The van der Waals surface area contributed by atoms with Crippen LogP contribution in [0.25, 0.3) is 0 Å². The summed E-state index contributed by atoms with van der Waals surface area (Å²) in [4.78, 5) is 11.2.